The zero-order valence-corrected chi connectivity index (χ0v) is 18.1. The van der Waals surface area contributed by atoms with Crippen molar-refractivity contribution in [2.45, 2.75) is 24.7 Å². The molecule has 0 radical (unpaired) electrons. The summed E-state index contributed by atoms with van der Waals surface area (Å²) in [4.78, 5) is 40.7. The number of nitrogens with one attached hydrogen (secondary N) is 1. The molecule has 0 atom stereocenters. The molecular weight excluding hydrogens is 412 g/mol. The molecule has 1 saturated heterocycles. The highest BCUT2D eigenvalue weighted by Gasteiger charge is 2.29. The molecular formula is C24H24N2O4S. The first kappa shape index (κ1) is 21.2. The van der Waals surface area contributed by atoms with Gasteiger partial charge in [0.15, 0.2) is 0 Å². The van der Waals surface area contributed by atoms with Crippen LogP contribution in [-0.2, 0) is 14.3 Å². The summed E-state index contributed by atoms with van der Waals surface area (Å²) in [5, 5.41) is 2.90. The van der Waals surface area contributed by atoms with Crippen LogP contribution in [0.5, 0.6) is 0 Å². The zero-order valence-electron chi connectivity index (χ0n) is 17.3. The van der Waals surface area contributed by atoms with Gasteiger partial charge in [-0.05, 0) is 49.6 Å². The fourth-order valence-corrected chi connectivity index (χ4v) is 4.69. The van der Waals surface area contributed by atoms with Crippen molar-refractivity contribution in [1.29, 1.82) is 0 Å². The number of carbonyl (C=O) groups excluding carboxylic acids is 3. The Kier molecular flexibility index (Phi) is 6.42. The quantitative estimate of drug-likeness (QED) is 0.575. The predicted molar refractivity (Wildman–Crippen MR) is 121 cm³/mol. The summed E-state index contributed by atoms with van der Waals surface area (Å²) in [6.45, 7) is 3.21. The van der Waals surface area contributed by atoms with Crippen LogP contribution in [-0.4, -0.2) is 42.4 Å². The molecule has 2 aromatic carbocycles. The molecule has 2 aliphatic heterocycles. The lowest BCUT2D eigenvalue weighted by atomic mass is 9.96. The maximum absolute atomic E-state index is 13.0. The van der Waals surface area contributed by atoms with Crippen LogP contribution in [0.25, 0.3) is 6.08 Å². The Morgan fingerprint density at radius 1 is 1.16 bits per heavy atom. The van der Waals surface area contributed by atoms with Gasteiger partial charge in [-0.1, -0.05) is 42.1 Å². The number of amides is 2. The number of hydrogen-bond donors (Lipinski definition) is 1. The van der Waals surface area contributed by atoms with Gasteiger partial charge in [0.1, 0.15) is 0 Å². The second-order valence-electron chi connectivity index (χ2n) is 7.50. The lowest BCUT2D eigenvalue weighted by Gasteiger charge is -2.31. The average Bonchev–Trinajstić information content (AvgIpc) is 2.80. The van der Waals surface area contributed by atoms with Crippen molar-refractivity contribution in [3.05, 3.63) is 64.6 Å². The lowest BCUT2D eigenvalue weighted by molar-refractivity contribution is -0.149. The van der Waals surface area contributed by atoms with Gasteiger partial charge in [0.05, 0.1) is 23.1 Å². The molecule has 0 saturated carbocycles. The Labute approximate surface area is 185 Å². The molecule has 4 rings (SSSR count). The van der Waals surface area contributed by atoms with E-state index in [1.807, 2.05) is 42.5 Å². The molecule has 7 heteroatoms. The highest BCUT2D eigenvalue weighted by atomic mass is 32.2. The van der Waals surface area contributed by atoms with Crippen LogP contribution in [0, 0.1) is 5.92 Å². The average molecular weight is 437 g/mol. The smallest absolute Gasteiger partial charge is 0.309 e. The fraction of sp³-hybridized carbons (Fsp3) is 0.292. The highest BCUT2D eigenvalue weighted by Crippen LogP contribution is 2.39. The van der Waals surface area contributed by atoms with E-state index in [1.165, 1.54) is 11.8 Å². The topological polar surface area (TPSA) is 75.7 Å². The normalized spacial score (nSPS) is 17.8. The van der Waals surface area contributed by atoms with Crippen LogP contribution >= 0.6 is 11.8 Å². The van der Waals surface area contributed by atoms with E-state index in [9.17, 15) is 14.4 Å². The first-order valence-electron chi connectivity index (χ1n) is 10.4. The molecule has 160 valence electrons. The molecule has 2 aliphatic rings. The van der Waals surface area contributed by atoms with Gasteiger partial charge in [-0.15, -0.1) is 0 Å². The second-order valence-corrected chi connectivity index (χ2v) is 8.59. The maximum Gasteiger partial charge on any atom is 0.309 e. The zero-order chi connectivity index (χ0) is 21.8. The van der Waals surface area contributed by atoms with Gasteiger partial charge in [-0.3, -0.25) is 14.4 Å². The van der Waals surface area contributed by atoms with Crippen molar-refractivity contribution in [2.75, 3.05) is 25.0 Å². The number of ether oxygens (including phenoxy) is 1. The van der Waals surface area contributed by atoms with Crippen LogP contribution in [0.15, 0.2) is 58.3 Å². The van der Waals surface area contributed by atoms with E-state index < -0.39 is 0 Å². The molecule has 2 heterocycles. The Bertz CT molecular complexity index is 1030. The Balaban J connectivity index is 1.44. The molecule has 0 bridgehead atoms. The molecule has 0 spiro atoms. The Morgan fingerprint density at radius 3 is 2.61 bits per heavy atom. The van der Waals surface area contributed by atoms with E-state index in [0.717, 1.165) is 10.5 Å². The van der Waals surface area contributed by atoms with Gasteiger partial charge >= 0.3 is 5.97 Å². The van der Waals surface area contributed by atoms with Crippen LogP contribution in [0.3, 0.4) is 0 Å². The SMILES string of the molecule is CCOC(=O)C1CCN(C(=O)c2ccc3c(c2)NC(=O)C(=Cc2ccccc2)S3)CC1. The summed E-state index contributed by atoms with van der Waals surface area (Å²) in [6.07, 6.45) is 3.07. The van der Waals surface area contributed by atoms with E-state index in [0.29, 0.717) is 48.7 Å². The molecule has 1 fully saturated rings. The van der Waals surface area contributed by atoms with Gasteiger partial charge in [0.2, 0.25) is 0 Å². The minimum atomic E-state index is -0.179. The van der Waals surface area contributed by atoms with Crippen LogP contribution in [0.1, 0.15) is 35.7 Å². The Hall–Kier alpha value is -3.06. The molecule has 2 amide bonds. The number of carbonyl (C=O) groups is 3. The summed E-state index contributed by atoms with van der Waals surface area (Å²) in [7, 11) is 0. The molecule has 0 aromatic heterocycles. The maximum atomic E-state index is 13.0. The Morgan fingerprint density at radius 2 is 1.90 bits per heavy atom. The van der Waals surface area contributed by atoms with E-state index in [4.69, 9.17) is 4.74 Å². The van der Waals surface area contributed by atoms with Crippen molar-refractivity contribution in [2.24, 2.45) is 5.92 Å². The summed E-state index contributed by atoms with van der Waals surface area (Å²) < 4.78 is 5.09. The molecule has 6 nitrogen and oxygen atoms in total. The summed E-state index contributed by atoms with van der Waals surface area (Å²) >= 11 is 1.40. The molecule has 0 unspecified atom stereocenters. The van der Waals surface area contributed by atoms with Crippen molar-refractivity contribution < 1.29 is 19.1 Å². The molecule has 31 heavy (non-hydrogen) atoms. The number of nitrogens with zero attached hydrogens (tertiary/aromatic N) is 1. The minimum absolute atomic E-state index is 0.0880. The van der Waals surface area contributed by atoms with Crippen LogP contribution in [0.2, 0.25) is 0 Å². The molecule has 0 aliphatic carbocycles. The van der Waals surface area contributed by atoms with Gasteiger partial charge in [0.25, 0.3) is 11.8 Å². The number of likely N-dealkylation sites (tertiary alicyclic amines) is 1. The van der Waals surface area contributed by atoms with E-state index in [-0.39, 0.29) is 23.7 Å². The summed E-state index contributed by atoms with van der Waals surface area (Å²) in [5.41, 5.74) is 2.14. The third-order valence-electron chi connectivity index (χ3n) is 5.42. The monoisotopic (exact) mass is 436 g/mol. The van der Waals surface area contributed by atoms with E-state index in [1.54, 1.807) is 24.0 Å². The van der Waals surface area contributed by atoms with Crippen LogP contribution in [0.4, 0.5) is 5.69 Å². The van der Waals surface area contributed by atoms with Crippen molar-refractivity contribution in [1.82, 2.24) is 4.90 Å². The number of piperidine rings is 1. The second kappa shape index (κ2) is 9.39. The van der Waals surface area contributed by atoms with E-state index in [2.05, 4.69) is 5.32 Å². The number of esters is 1. The standard InChI is InChI=1S/C24H24N2O4S/c1-2-30-24(29)17-10-12-26(13-11-17)23(28)18-8-9-20-19(15-18)25-22(27)21(31-20)14-16-6-4-3-5-7-16/h3-9,14-15,17H,2,10-13H2,1H3,(H,25,27). The molecule has 1 N–H and O–H groups in total. The third-order valence-corrected chi connectivity index (χ3v) is 6.52. The number of fused-ring (bicyclic) bond motifs is 1. The summed E-state index contributed by atoms with van der Waals surface area (Å²) in [5.74, 6) is -0.586. The third kappa shape index (κ3) is 4.82. The highest BCUT2D eigenvalue weighted by molar-refractivity contribution is 8.04. The first-order valence-corrected chi connectivity index (χ1v) is 11.2. The number of thioether (sulfide) groups is 1. The van der Waals surface area contributed by atoms with Crippen LogP contribution < -0.4 is 5.32 Å². The summed E-state index contributed by atoms with van der Waals surface area (Å²) in [6, 6.07) is 15.1. The molecule has 2 aromatic rings. The van der Waals surface area contributed by atoms with Gasteiger partial charge in [0, 0.05) is 23.5 Å². The lowest BCUT2D eigenvalue weighted by Crippen LogP contribution is -2.40. The largest absolute Gasteiger partial charge is 0.466 e. The van der Waals surface area contributed by atoms with E-state index >= 15 is 0 Å². The van der Waals surface area contributed by atoms with Gasteiger partial charge < -0.3 is 15.0 Å². The number of rotatable bonds is 4. The van der Waals surface area contributed by atoms with Gasteiger partial charge in [-0.2, -0.15) is 0 Å². The first-order chi connectivity index (χ1) is 15.0. The number of hydrogen-bond acceptors (Lipinski definition) is 5. The van der Waals surface area contributed by atoms with Crippen molar-refractivity contribution in [3.8, 4) is 0 Å². The fourth-order valence-electron chi connectivity index (χ4n) is 3.76. The van der Waals surface area contributed by atoms with Gasteiger partial charge in [-0.25, -0.2) is 0 Å². The van der Waals surface area contributed by atoms with Crippen molar-refractivity contribution in [3.63, 3.8) is 0 Å². The number of benzene rings is 2. The van der Waals surface area contributed by atoms with Crippen molar-refractivity contribution >= 4 is 41.3 Å². The minimum Gasteiger partial charge on any atom is -0.466 e. The number of anilines is 1. The predicted octanol–water partition coefficient (Wildman–Crippen LogP) is 4.19.